The maximum absolute atomic E-state index is 12.9. The van der Waals surface area contributed by atoms with Gasteiger partial charge < -0.3 is 15.0 Å². The second-order valence-corrected chi connectivity index (χ2v) is 8.40. The van der Waals surface area contributed by atoms with Gasteiger partial charge in [-0.3, -0.25) is 19.5 Å². The van der Waals surface area contributed by atoms with E-state index in [4.69, 9.17) is 4.74 Å². The molecule has 2 aliphatic rings. The van der Waals surface area contributed by atoms with Crippen LogP contribution in [0.4, 0.5) is 0 Å². The van der Waals surface area contributed by atoms with Crippen LogP contribution in [0.15, 0.2) is 30.7 Å². The summed E-state index contributed by atoms with van der Waals surface area (Å²) in [5.74, 6) is 0.452. The highest BCUT2D eigenvalue weighted by molar-refractivity contribution is 5.95. The molecule has 9 heteroatoms. The van der Waals surface area contributed by atoms with Gasteiger partial charge in [-0.25, -0.2) is 9.97 Å². The molecular weight excluding hydrogens is 396 g/mol. The van der Waals surface area contributed by atoms with Gasteiger partial charge in [-0.1, -0.05) is 0 Å². The number of fused-ring (bicyclic) bond motifs is 1. The van der Waals surface area contributed by atoms with E-state index in [0.29, 0.717) is 36.7 Å². The number of nitrogens with one attached hydrogen (secondary N) is 1. The average molecular weight is 425 g/mol. The monoisotopic (exact) mass is 424 g/mol. The number of hydrogen-bond acceptors (Lipinski definition) is 7. The van der Waals surface area contributed by atoms with Crippen molar-refractivity contribution in [3.05, 3.63) is 42.0 Å². The molecule has 164 valence electrons. The van der Waals surface area contributed by atoms with Crippen molar-refractivity contribution in [3.63, 3.8) is 0 Å². The van der Waals surface area contributed by atoms with E-state index in [1.54, 1.807) is 37.6 Å². The van der Waals surface area contributed by atoms with E-state index in [2.05, 4.69) is 25.2 Å². The van der Waals surface area contributed by atoms with Crippen molar-refractivity contribution in [1.82, 2.24) is 30.1 Å². The fraction of sp³-hybridized carbons (Fsp3) is 0.500. The predicted molar refractivity (Wildman–Crippen MR) is 114 cm³/mol. The highest BCUT2D eigenvalue weighted by Crippen LogP contribution is 2.25. The van der Waals surface area contributed by atoms with E-state index in [9.17, 15) is 9.59 Å². The zero-order valence-corrected chi connectivity index (χ0v) is 18.1. The minimum atomic E-state index is -0.166. The lowest BCUT2D eigenvalue weighted by Gasteiger charge is -2.35. The second-order valence-electron chi connectivity index (χ2n) is 8.40. The Hall–Kier alpha value is -2.91. The molecule has 2 aliphatic heterocycles. The molecule has 9 nitrogen and oxygen atoms in total. The lowest BCUT2D eigenvalue weighted by atomic mass is 10.1. The first-order valence-corrected chi connectivity index (χ1v) is 10.5. The molecule has 0 saturated carbocycles. The molecule has 0 aromatic carbocycles. The summed E-state index contributed by atoms with van der Waals surface area (Å²) in [6, 6.07) is 4.01. The minimum absolute atomic E-state index is 0.0294. The van der Waals surface area contributed by atoms with E-state index in [0.717, 1.165) is 18.5 Å². The van der Waals surface area contributed by atoms with Crippen molar-refractivity contribution in [2.24, 2.45) is 0 Å². The Morgan fingerprint density at radius 3 is 2.84 bits per heavy atom. The largest absolute Gasteiger partial charge is 0.375 e. The van der Waals surface area contributed by atoms with Gasteiger partial charge in [0.05, 0.1) is 30.4 Å². The number of carbonyl (C=O) groups excluding carboxylic acids is 2. The van der Waals surface area contributed by atoms with E-state index < -0.39 is 0 Å². The van der Waals surface area contributed by atoms with Crippen LogP contribution in [-0.2, 0) is 9.53 Å². The van der Waals surface area contributed by atoms with E-state index in [1.165, 1.54) is 0 Å². The van der Waals surface area contributed by atoms with Gasteiger partial charge in [0.25, 0.3) is 5.91 Å². The molecule has 31 heavy (non-hydrogen) atoms. The van der Waals surface area contributed by atoms with Crippen LogP contribution in [0.1, 0.15) is 28.9 Å². The van der Waals surface area contributed by atoms with Crippen LogP contribution in [0.25, 0.3) is 11.4 Å². The van der Waals surface area contributed by atoms with Gasteiger partial charge >= 0.3 is 0 Å². The fourth-order valence-electron chi connectivity index (χ4n) is 4.14. The number of aryl methyl sites for hydroxylation is 1. The predicted octanol–water partition coefficient (Wildman–Crippen LogP) is 0.897. The number of aromatic nitrogens is 3. The third-order valence-corrected chi connectivity index (χ3v) is 5.87. The van der Waals surface area contributed by atoms with Crippen molar-refractivity contribution in [2.45, 2.75) is 38.0 Å². The lowest BCUT2D eigenvalue weighted by molar-refractivity contribution is -0.134. The standard InChI is InChI=1S/C22H28N6O3/c1-14-19(10-24-21(25-14)15-5-4-6-23-9-15)22(30)26-16-7-17-13-31-18(12-28(17)11-16)8-20(29)27(2)3/h4-6,9-10,16-18H,7-8,11-13H2,1-3H3,(H,26,30)/t16-,17-,18-/m0/s1. The third kappa shape index (κ3) is 4.88. The zero-order valence-electron chi connectivity index (χ0n) is 18.1. The number of nitrogens with zero attached hydrogens (tertiary/aromatic N) is 5. The second kappa shape index (κ2) is 9.07. The van der Waals surface area contributed by atoms with Crippen molar-refractivity contribution in [2.75, 3.05) is 33.8 Å². The summed E-state index contributed by atoms with van der Waals surface area (Å²) < 4.78 is 5.90. The van der Waals surface area contributed by atoms with Crippen LogP contribution in [0.5, 0.6) is 0 Å². The first-order chi connectivity index (χ1) is 14.9. The maximum Gasteiger partial charge on any atom is 0.254 e. The SMILES string of the molecule is Cc1nc(-c2cccnc2)ncc1C(=O)N[C@H]1C[C@H]2CO[C@@H](CC(=O)N(C)C)CN2C1. The van der Waals surface area contributed by atoms with E-state index >= 15 is 0 Å². The molecule has 4 heterocycles. The smallest absolute Gasteiger partial charge is 0.254 e. The Labute approximate surface area is 181 Å². The van der Waals surface area contributed by atoms with Gasteiger partial charge in [0.1, 0.15) is 0 Å². The van der Waals surface area contributed by atoms with Gasteiger partial charge in [-0.2, -0.15) is 0 Å². The Balaban J connectivity index is 1.35. The number of pyridine rings is 1. The minimum Gasteiger partial charge on any atom is -0.375 e. The molecule has 0 unspecified atom stereocenters. The molecule has 3 atom stereocenters. The number of amides is 2. The summed E-state index contributed by atoms with van der Waals surface area (Å²) in [6.07, 6.45) is 6.08. The van der Waals surface area contributed by atoms with Gasteiger partial charge in [-0.15, -0.1) is 0 Å². The van der Waals surface area contributed by atoms with Crippen molar-refractivity contribution < 1.29 is 14.3 Å². The van der Waals surface area contributed by atoms with Crippen LogP contribution in [-0.4, -0.2) is 88.5 Å². The molecule has 0 radical (unpaired) electrons. The number of ether oxygens (including phenoxy) is 1. The van der Waals surface area contributed by atoms with Gasteiger partial charge in [-0.05, 0) is 25.5 Å². The molecule has 0 spiro atoms. The molecule has 1 N–H and O–H groups in total. The fourth-order valence-corrected chi connectivity index (χ4v) is 4.14. The Morgan fingerprint density at radius 2 is 2.13 bits per heavy atom. The van der Waals surface area contributed by atoms with Crippen LogP contribution in [0.3, 0.4) is 0 Å². The summed E-state index contributed by atoms with van der Waals surface area (Å²) >= 11 is 0. The quantitative estimate of drug-likeness (QED) is 0.761. The number of rotatable bonds is 5. The Morgan fingerprint density at radius 1 is 1.29 bits per heavy atom. The molecule has 2 fully saturated rings. The highest BCUT2D eigenvalue weighted by Gasteiger charge is 2.38. The molecule has 2 aromatic rings. The maximum atomic E-state index is 12.9. The Bertz CT molecular complexity index is 952. The molecule has 2 amide bonds. The van der Waals surface area contributed by atoms with Crippen LogP contribution >= 0.6 is 0 Å². The zero-order chi connectivity index (χ0) is 22.0. The number of hydrogen-bond donors (Lipinski definition) is 1. The highest BCUT2D eigenvalue weighted by atomic mass is 16.5. The topological polar surface area (TPSA) is 101 Å². The Kier molecular flexibility index (Phi) is 6.24. The van der Waals surface area contributed by atoms with Gasteiger partial charge in [0.2, 0.25) is 5.91 Å². The average Bonchev–Trinajstić information content (AvgIpc) is 3.15. The molecule has 0 bridgehead atoms. The number of morpholine rings is 1. The first-order valence-electron chi connectivity index (χ1n) is 10.5. The van der Waals surface area contributed by atoms with Crippen LogP contribution < -0.4 is 5.32 Å². The van der Waals surface area contributed by atoms with Gasteiger partial charge in [0, 0.05) is 63.4 Å². The molecule has 2 aromatic heterocycles. The first kappa shape index (κ1) is 21.3. The van der Waals surface area contributed by atoms with Crippen LogP contribution in [0.2, 0.25) is 0 Å². The summed E-state index contributed by atoms with van der Waals surface area (Å²) in [6.45, 7) is 3.85. The van der Waals surface area contributed by atoms with E-state index in [1.807, 2.05) is 19.1 Å². The lowest BCUT2D eigenvalue weighted by Crippen LogP contribution is -2.47. The molecule has 4 rings (SSSR count). The van der Waals surface area contributed by atoms with E-state index in [-0.39, 0.29) is 30.0 Å². The summed E-state index contributed by atoms with van der Waals surface area (Å²) in [7, 11) is 3.51. The van der Waals surface area contributed by atoms with Crippen molar-refractivity contribution in [1.29, 1.82) is 0 Å². The summed E-state index contributed by atoms with van der Waals surface area (Å²) in [5, 5.41) is 3.12. The van der Waals surface area contributed by atoms with Crippen molar-refractivity contribution >= 4 is 11.8 Å². The third-order valence-electron chi connectivity index (χ3n) is 5.87. The summed E-state index contributed by atoms with van der Waals surface area (Å²) in [4.78, 5) is 41.7. The number of carbonyl (C=O) groups is 2. The molecule has 2 saturated heterocycles. The normalized spacial score (nSPS) is 23.3. The molecule has 0 aliphatic carbocycles. The summed E-state index contributed by atoms with van der Waals surface area (Å²) in [5.41, 5.74) is 1.92. The molecular formula is C22H28N6O3. The van der Waals surface area contributed by atoms with Gasteiger partial charge in [0.15, 0.2) is 5.82 Å². The van der Waals surface area contributed by atoms with Crippen molar-refractivity contribution in [3.8, 4) is 11.4 Å². The van der Waals surface area contributed by atoms with Crippen LogP contribution in [0, 0.1) is 6.92 Å².